The molecule has 5 N–H and O–H groups in total. The number of nitrogens with one attached hydrogen (secondary N) is 3. The number of amides is 3. The summed E-state index contributed by atoms with van der Waals surface area (Å²) < 4.78 is 14.8. The van der Waals surface area contributed by atoms with Gasteiger partial charge in [0.2, 0.25) is 11.8 Å². The lowest BCUT2D eigenvalue weighted by Gasteiger charge is -2.26. The summed E-state index contributed by atoms with van der Waals surface area (Å²) in [6.45, 7) is 5.21. The molecule has 2 aliphatic rings. The molecule has 4 aromatic rings. The van der Waals surface area contributed by atoms with Gasteiger partial charge in [0.1, 0.15) is 17.7 Å². The minimum absolute atomic E-state index is 0.162. The molecule has 2 aliphatic carbocycles. The maximum atomic E-state index is 13.5. The highest BCUT2D eigenvalue weighted by molar-refractivity contribution is 6.35. The Morgan fingerprint density at radius 1 is 0.574 bits per heavy atom. The highest BCUT2D eigenvalue weighted by Crippen LogP contribution is 2.42. The topological polar surface area (TPSA) is 175 Å². The van der Waals surface area contributed by atoms with E-state index in [1.807, 2.05) is 12.1 Å². The summed E-state index contributed by atoms with van der Waals surface area (Å²) in [6.07, 6.45) is 3.23. The van der Waals surface area contributed by atoms with Crippen molar-refractivity contribution < 1.29 is 38.2 Å². The second-order valence-corrected chi connectivity index (χ2v) is 17.6. The Morgan fingerprint density at radius 2 is 0.951 bits per heavy atom. The first-order valence-electron chi connectivity index (χ1n) is 19.5. The van der Waals surface area contributed by atoms with E-state index in [0.29, 0.717) is 48.3 Å². The van der Waals surface area contributed by atoms with Crippen molar-refractivity contribution in [3.63, 3.8) is 0 Å². The number of halogens is 4. The molecule has 0 aliphatic heterocycles. The highest BCUT2D eigenvalue weighted by atomic mass is 35.5. The van der Waals surface area contributed by atoms with E-state index in [0.717, 1.165) is 36.8 Å². The molecule has 2 saturated carbocycles. The molecule has 2 unspecified atom stereocenters. The van der Waals surface area contributed by atoms with Crippen LogP contribution in [0.2, 0.25) is 20.1 Å². The summed E-state index contributed by atoms with van der Waals surface area (Å²) >= 11 is 24.3. The van der Waals surface area contributed by atoms with Gasteiger partial charge in [-0.1, -0.05) is 70.7 Å². The van der Waals surface area contributed by atoms with Crippen LogP contribution in [0.1, 0.15) is 114 Å². The van der Waals surface area contributed by atoms with Gasteiger partial charge in [-0.05, 0) is 141 Å². The molecule has 4 atom stereocenters. The van der Waals surface area contributed by atoms with E-state index < -0.39 is 41.6 Å². The Kier molecular flexibility index (Phi) is 16.1. The zero-order valence-corrected chi connectivity index (χ0v) is 37.3. The van der Waals surface area contributed by atoms with Crippen LogP contribution in [0.15, 0.2) is 84.9 Å². The minimum atomic E-state index is -1.08. The van der Waals surface area contributed by atoms with Gasteiger partial charge in [0, 0.05) is 20.1 Å². The molecule has 61 heavy (non-hydrogen) atoms. The number of alkyl carbamates (subject to hydrolysis) is 1. The molecule has 16 heteroatoms. The summed E-state index contributed by atoms with van der Waals surface area (Å²) in [5, 5.41) is 10.3. The van der Waals surface area contributed by atoms with Crippen molar-refractivity contribution in [3.05, 3.63) is 138 Å². The average molecular weight is 915 g/mol. The number of methoxy groups -OCH3 is 2. The van der Waals surface area contributed by atoms with E-state index >= 15 is 0 Å². The van der Waals surface area contributed by atoms with Gasteiger partial charge in [-0.2, -0.15) is 0 Å². The molecule has 0 radical (unpaired) electrons. The number of hydrogen-bond acceptors (Lipinski definition) is 9. The predicted molar refractivity (Wildman–Crippen MR) is 235 cm³/mol. The van der Waals surface area contributed by atoms with Gasteiger partial charge in [0.15, 0.2) is 0 Å². The SMILES string of the molecule is COC(=O)c1ccc([C@H](NC(=O)C(N)c2cc(Cl)cc(Cl)c2)C2CC2)cc1.COC(=O)c1ccc([C@H](NC(=O)C(NC(=O)OC(C)(C)C)c2cc(Cl)cc(Cl)c2)C2CC2)cc1. The third-order valence-corrected chi connectivity index (χ3v) is 10.7. The minimum Gasteiger partial charge on any atom is -0.465 e. The van der Waals surface area contributed by atoms with Crippen LogP contribution in [0.5, 0.6) is 0 Å². The quantitative estimate of drug-likeness (QED) is 0.0752. The molecule has 0 saturated heterocycles. The number of nitrogens with two attached hydrogens (primary N) is 1. The Labute approximate surface area is 375 Å². The van der Waals surface area contributed by atoms with Crippen LogP contribution in [-0.4, -0.2) is 49.7 Å². The number of hydrogen-bond donors (Lipinski definition) is 4. The van der Waals surface area contributed by atoms with Crippen molar-refractivity contribution >= 4 is 76.2 Å². The lowest BCUT2D eigenvalue weighted by molar-refractivity contribution is -0.124. The number of carbonyl (C=O) groups is 5. The molecule has 4 aromatic carbocycles. The lowest BCUT2D eigenvalue weighted by atomic mass is 9.99. The predicted octanol–water partition coefficient (Wildman–Crippen LogP) is 9.66. The van der Waals surface area contributed by atoms with Gasteiger partial charge in [0.05, 0.1) is 37.4 Å². The molecule has 0 spiro atoms. The van der Waals surface area contributed by atoms with E-state index in [2.05, 4.69) is 16.0 Å². The van der Waals surface area contributed by atoms with Crippen LogP contribution >= 0.6 is 46.4 Å². The normalized spacial score (nSPS) is 15.4. The molecule has 2 fully saturated rings. The Bertz CT molecular complexity index is 2180. The van der Waals surface area contributed by atoms with Crippen molar-refractivity contribution in [1.29, 1.82) is 0 Å². The largest absolute Gasteiger partial charge is 0.465 e. The summed E-state index contributed by atoms with van der Waals surface area (Å²) in [4.78, 5) is 62.0. The number of rotatable bonds is 13. The molecule has 3 amide bonds. The van der Waals surface area contributed by atoms with Crippen LogP contribution in [0.3, 0.4) is 0 Å². The third kappa shape index (κ3) is 13.8. The summed E-state index contributed by atoms with van der Waals surface area (Å²) in [6, 6.07) is 21.1. The van der Waals surface area contributed by atoms with Gasteiger partial charge in [-0.15, -0.1) is 0 Å². The number of esters is 2. The Balaban J connectivity index is 0.000000237. The summed E-state index contributed by atoms with van der Waals surface area (Å²) in [5.41, 5.74) is 9.02. The molecular formula is C45H48Cl4N4O8. The summed E-state index contributed by atoms with van der Waals surface area (Å²) in [7, 11) is 2.66. The van der Waals surface area contributed by atoms with Crippen LogP contribution in [-0.2, 0) is 23.8 Å². The Hall–Kier alpha value is -4.85. The van der Waals surface area contributed by atoms with E-state index in [9.17, 15) is 24.0 Å². The highest BCUT2D eigenvalue weighted by Gasteiger charge is 2.37. The van der Waals surface area contributed by atoms with Crippen molar-refractivity contribution in [2.24, 2.45) is 17.6 Å². The van der Waals surface area contributed by atoms with Crippen LogP contribution in [0.4, 0.5) is 4.79 Å². The van der Waals surface area contributed by atoms with Crippen LogP contribution in [0.25, 0.3) is 0 Å². The number of carbonyl (C=O) groups excluding carboxylic acids is 5. The first-order chi connectivity index (χ1) is 28.8. The first-order valence-corrected chi connectivity index (χ1v) is 21.0. The van der Waals surface area contributed by atoms with Gasteiger partial charge in [-0.25, -0.2) is 14.4 Å². The van der Waals surface area contributed by atoms with Gasteiger partial charge >= 0.3 is 18.0 Å². The third-order valence-electron chi connectivity index (χ3n) is 9.83. The van der Waals surface area contributed by atoms with Crippen molar-refractivity contribution in [1.82, 2.24) is 16.0 Å². The number of ether oxygens (including phenoxy) is 3. The average Bonchev–Trinajstić information content (AvgIpc) is 4.15. The standard InChI is InChI=1S/C25H28Cl2N2O5.C20H20Cl2N2O3/c1-25(2,3)34-24(32)29-21(17-11-18(26)13-19(27)12-17)22(30)28-20(14-5-6-14)15-7-9-16(10-8-15)23(31)33-4;1-27-20(26)13-6-4-12(5-7-13)18(11-2-3-11)24-19(25)17(23)14-8-15(21)10-16(22)9-14/h7-14,20-21H,5-6H2,1-4H3,(H,28,30)(H,29,32);4-11,17-18H,2-3,23H2,1H3,(H,24,25)/t20-,21?;17?,18-/m11/s1. The molecule has 0 bridgehead atoms. The van der Waals surface area contributed by atoms with Crippen molar-refractivity contribution in [3.8, 4) is 0 Å². The van der Waals surface area contributed by atoms with Crippen molar-refractivity contribution in [2.45, 2.75) is 76.2 Å². The van der Waals surface area contributed by atoms with Gasteiger partial charge in [0.25, 0.3) is 0 Å². The van der Waals surface area contributed by atoms with E-state index in [4.69, 9.17) is 66.3 Å². The monoisotopic (exact) mass is 912 g/mol. The molecule has 6 rings (SSSR count). The second kappa shape index (κ2) is 20.8. The second-order valence-electron chi connectivity index (χ2n) is 15.8. The van der Waals surface area contributed by atoms with Gasteiger partial charge in [-0.3, -0.25) is 9.59 Å². The van der Waals surface area contributed by atoms with E-state index in [1.54, 1.807) is 93.6 Å². The molecule has 0 heterocycles. The number of benzene rings is 4. The van der Waals surface area contributed by atoms with Crippen molar-refractivity contribution in [2.75, 3.05) is 14.2 Å². The molecule has 12 nitrogen and oxygen atoms in total. The molecule has 324 valence electrons. The maximum absolute atomic E-state index is 13.5. The van der Waals surface area contributed by atoms with Crippen LogP contribution in [0, 0.1) is 11.8 Å². The fraction of sp³-hybridized carbons (Fsp3) is 0.356. The Morgan fingerprint density at radius 3 is 1.31 bits per heavy atom. The zero-order chi connectivity index (χ0) is 44.6. The van der Waals surface area contributed by atoms with Gasteiger partial charge < -0.3 is 35.9 Å². The maximum Gasteiger partial charge on any atom is 0.408 e. The molecular weight excluding hydrogens is 866 g/mol. The lowest BCUT2D eigenvalue weighted by Crippen LogP contribution is -2.44. The van der Waals surface area contributed by atoms with E-state index in [-0.39, 0.29) is 23.9 Å². The molecule has 0 aromatic heterocycles. The first kappa shape index (κ1) is 47.2. The zero-order valence-electron chi connectivity index (χ0n) is 34.2. The smallest absolute Gasteiger partial charge is 0.408 e. The summed E-state index contributed by atoms with van der Waals surface area (Å²) in [5.74, 6) is -0.960. The van der Waals surface area contributed by atoms with E-state index in [1.165, 1.54) is 14.2 Å². The van der Waals surface area contributed by atoms with Crippen LogP contribution < -0.4 is 21.7 Å². The fourth-order valence-electron chi connectivity index (χ4n) is 6.55. The fourth-order valence-corrected chi connectivity index (χ4v) is 7.63.